The van der Waals surface area contributed by atoms with Gasteiger partial charge in [-0.15, -0.1) is 0 Å². The van der Waals surface area contributed by atoms with Gasteiger partial charge in [-0.25, -0.2) is 0 Å². The molecular formula is C16H20N2O3. The Morgan fingerprint density at radius 1 is 1.19 bits per heavy atom. The molecule has 2 unspecified atom stereocenters. The van der Waals surface area contributed by atoms with Crippen molar-refractivity contribution in [2.24, 2.45) is 0 Å². The topological polar surface area (TPSA) is 68.3 Å². The minimum absolute atomic E-state index is 0.190. The lowest BCUT2D eigenvalue weighted by Gasteiger charge is -2.15. The van der Waals surface area contributed by atoms with Gasteiger partial charge in [-0.3, -0.25) is 10.1 Å². The Kier molecular flexibility index (Phi) is 4.75. The van der Waals surface area contributed by atoms with Crippen LogP contribution in [-0.4, -0.2) is 12.0 Å². The lowest BCUT2D eigenvalue weighted by atomic mass is 9.95. The van der Waals surface area contributed by atoms with Crippen molar-refractivity contribution in [3.63, 3.8) is 0 Å². The molecule has 1 aromatic heterocycles. The summed E-state index contributed by atoms with van der Waals surface area (Å²) in [5.41, 5.74) is 2.32. The van der Waals surface area contributed by atoms with E-state index in [4.69, 9.17) is 4.42 Å². The van der Waals surface area contributed by atoms with Crippen molar-refractivity contribution >= 4 is 5.88 Å². The van der Waals surface area contributed by atoms with Crippen LogP contribution in [0.2, 0.25) is 0 Å². The number of hydrogen-bond acceptors (Lipinski definition) is 4. The van der Waals surface area contributed by atoms with E-state index in [0.29, 0.717) is 11.7 Å². The zero-order valence-corrected chi connectivity index (χ0v) is 12.5. The Morgan fingerprint density at radius 3 is 2.29 bits per heavy atom. The largest absolute Gasteiger partial charge is 0.433 e. The summed E-state index contributed by atoms with van der Waals surface area (Å²) in [6.45, 7) is 4.36. The molecule has 0 fully saturated rings. The number of nitro groups is 1. The van der Waals surface area contributed by atoms with Crippen LogP contribution in [0.15, 0.2) is 40.8 Å². The Bertz CT molecular complexity index is 604. The second-order valence-corrected chi connectivity index (χ2v) is 5.13. The number of nitrogens with zero attached hydrogens (tertiary/aromatic N) is 1. The molecule has 0 saturated heterocycles. The summed E-state index contributed by atoms with van der Waals surface area (Å²) in [5, 5.41) is 13.8. The normalized spacial score (nSPS) is 13.9. The van der Waals surface area contributed by atoms with Crippen LogP contribution in [0.4, 0.5) is 5.88 Å². The fraction of sp³-hybridized carbons (Fsp3) is 0.375. The molecule has 0 radical (unpaired) electrons. The quantitative estimate of drug-likeness (QED) is 0.644. The van der Waals surface area contributed by atoms with Crippen LogP contribution in [0.5, 0.6) is 0 Å². The third kappa shape index (κ3) is 3.31. The first-order valence-corrected chi connectivity index (χ1v) is 7.08. The highest BCUT2D eigenvalue weighted by Gasteiger charge is 2.20. The molecule has 5 heteroatoms. The van der Waals surface area contributed by atoms with Crippen LogP contribution in [0.3, 0.4) is 0 Å². The van der Waals surface area contributed by atoms with Gasteiger partial charge >= 0.3 is 5.88 Å². The molecule has 1 aromatic carbocycles. The van der Waals surface area contributed by atoms with E-state index >= 15 is 0 Å². The highest BCUT2D eigenvalue weighted by atomic mass is 16.6. The van der Waals surface area contributed by atoms with Crippen LogP contribution in [0.25, 0.3) is 0 Å². The second kappa shape index (κ2) is 6.54. The van der Waals surface area contributed by atoms with E-state index in [-0.39, 0.29) is 11.9 Å². The first-order valence-electron chi connectivity index (χ1n) is 7.08. The van der Waals surface area contributed by atoms with E-state index in [2.05, 4.69) is 31.3 Å². The molecular weight excluding hydrogens is 268 g/mol. The van der Waals surface area contributed by atoms with Crippen LogP contribution in [-0.2, 0) is 0 Å². The fourth-order valence-electron chi connectivity index (χ4n) is 2.32. The van der Waals surface area contributed by atoms with E-state index in [9.17, 15) is 10.1 Å². The van der Waals surface area contributed by atoms with Gasteiger partial charge in [0.15, 0.2) is 0 Å². The Hall–Kier alpha value is -2.14. The van der Waals surface area contributed by atoms with E-state index in [1.165, 1.54) is 11.6 Å². The number of hydrogen-bond donors (Lipinski definition) is 1. The minimum atomic E-state index is -0.526. The summed E-state index contributed by atoms with van der Waals surface area (Å²) in [6.07, 6.45) is 1.10. The summed E-state index contributed by atoms with van der Waals surface area (Å²) < 4.78 is 5.29. The third-order valence-electron chi connectivity index (χ3n) is 3.82. The Labute approximate surface area is 124 Å². The fourth-order valence-corrected chi connectivity index (χ4v) is 2.32. The van der Waals surface area contributed by atoms with Crippen LogP contribution in [0, 0.1) is 10.1 Å². The first kappa shape index (κ1) is 15.3. The Balaban J connectivity index is 2.26. The van der Waals surface area contributed by atoms with Crippen molar-refractivity contribution in [2.75, 3.05) is 7.05 Å². The van der Waals surface area contributed by atoms with E-state index < -0.39 is 4.92 Å². The summed E-state index contributed by atoms with van der Waals surface area (Å²) in [5.74, 6) is 0.832. The van der Waals surface area contributed by atoms with Gasteiger partial charge in [0.25, 0.3) is 0 Å². The molecule has 0 amide bonds. The Morgan fingerprint density at radius 2 is 1.81 bits per heavy atom. The van der Waals surface area contributed by atoms with Crippen molar-refractivity contribution < 1.29 is 9.34 Å². The molecule has 2 atom stereocenters. The van der Waals surface area contributed by atoms with Gasteiger partial charge in [-0.2, -0.15) is 0 Å². The van der Waals surface area contributed by atoms with Crippen molar-refractivity contribution in [2.45, 2.75) is 32.2 Å². The highest BCUT2D eigenvalue weighted by molar-refractivity contribution is 5.32. The lowest BCUT2D eigenvalue weighted by molar-refractivity contribution is -0.402. The van der Waals surface area contributed by atoms with Crippen LogP contribution >= 0.6 is 0 Å². The monoisotopic (exact) mass is 288 g/mol. The van der Waals surface area contributed by atoms with Crippen LogP contribution in [0.1, 0.15) is 49.1 Å². The molecule has 5 nitrogen and oxygen atoms in total. The van der Waals surface area contributed by atoms with Gasteiger partial charge in [0.2, 0.25) is 0 Å². The molecule has 2 rings (SSSR count). The third-order valence-corrected chi connectivity index (χ3v) is 3.82. The number of benzene rings is 1. The van der Waals surface area contributed by atoms with Crippen molar-refractivity contribution in [1.29, 1.82) is 0 Å². The smallest absolute Gasteiger partial charge is 0.404 e. The van der Waals surface area contributed by atoms with Crippen LogP contribution < -0.4 is 5.32 Å². The predicted octanol–water partition coefficient (Wildman–Crippen LogP) is 4.01. The molecule has 0 spiro atoms. The highest BCUT2D eigenvalue weighted by Crippen LogP contribution is 2.28. The average Bonchev–Trinajstić information content (AvgIpc) is 2.98. The number of rotatable bonds is 6. The van der Waals surface area contributed by atoms with Gasteiger partial charge < -0.3 is 9.73 Å². The van der Waals surface area contributed by atoms with Crippen molar-refractivity contribution in [3.05, 3.63) is 63.4 Å². The van der Waals surface area contributed by atoms with E-state index in [0.717, 1.165) is 12.0 Å². The molecule has 0 aliphatic rings. The second-order valence-electron chi connectivity index (χ2n) is 5.13. The van der Waals surface area contributed by atoms with Gasteiger partial charge in [-0.1, -0.05) is 38.1 Å². The van der Waals surface area contributed by atoms with Gasteiger partial charge in [-0.05, 0) is 36.6 Å². The number of nitrogens with one attached hydrogen (secondary N) is 1. The van der Waals surface area contributed by atoms with Crippen molar-refractivity contribution in [3.8, 4) is 0 Å². The SMILES string of the molecule is CCC(C)c1ccc(C(NC)c2ccc([N+](=O)[O-])o2)cc1. The molecule has 0 saturated carbocycles. The predicted molar refractivity (Wildman–Crippen MR) is 81.4 cm³/mol. The zero-order chi connectivity index (χ0) is 15.4. The van der Waals surface area contributed by atoms with E-state index in [1.807, 2.05) is 19.2 Å². The molecule has 1 heterocycles. The molecule has 0 aliphatic carbocycles. The summed E-state index contributed by atoms with van der Waals surface area (Å²) in [6, 6.07) is 11.1. The summed E-state index contributed by atoms with van der Waals surface area (Å²) in [4.78, 5) is 10.2. The maximum absolute atomic E-state index is 10.7. The average molecular weight is 288 g/mol. The minimum Gasteiger partial charge on any atom is -0.404 e. The van der Waals surface area contributed by atoms with Gasteiger partial charge in [0.1, 0.15) is 10.7 Å². The zero-order valence-electron chi connectivity index (χ0n) is 12.5. The van der Waals surface area contributed by atoms with E-state index in [1.54, 1.807) is 6.07 Å². The van der Waals surface area contributed by atoms with Gasteiger partial charge in [0.05, 0.1) is 12.1 Å². The number of furan rings is 1. The summed E-state index contributed by atoms with van der Waals surface area (Å²) in [7, 11) is 1.81. The van der Waals surface area contributed by atoms with Crippen molar-refractivity contribution in [1.82, 2.24) is 5.32 Å². The molecule has 2 aromatic rings. The maximum atomic E-state index is 10.7. The first-order chi connectivity index (χ1) is 10.1. The van der Waals surface area contributed by atoms with Gasteiger partial charge in [0, 0.05) is 0 Å². The molecule has 1 N–H and O–H groups in total. The molecule has 21 heavy (non-hydrogen) atoms. The molecule has 112 valence electrons. The standard InChI is InChI=1S/C16H20N2O3/c1-4-11(2)12-5-7-13(8-6-12)16(17-3)14-9-10-15(21-14)18(19)20/h5-11,16-17H,4H2,1-3H3. The maximum Gasteiger partial charge on any atom is 0.433 e. The lowest BCUT2D eigenvalue weighted by Crippen LogP contribution is -2.17. The summed E-state index contributed by atoms with van der Waals surface area (Å²) >= 11 is 0. The molecule has 0 bridgehead atoms. The molecule has 0 aliphatic heterocycles.